The maximum Gasteiger partial charge on any atom is 0.163 e. The Hall–Kier alpha value is -0.410. The Labute approximate surface area is 71.9 Å². The summed E-state index contributed by atoms with van der Waals surface area (Å²) in [5, 5.41) is 9.52. The summed E-state index contributed by atoms with van der Waals surface area (Å²) in [6, 6.07) is 0. The zero-order valence-electron chi connectivity index (χ0n) is 7.12. The van der Waals surface area contributed by atoms with Crippen molar-refractivity contribution in [3.05, 3.63) is 0 Å². The summed E-state index contributed by atoms with van der Waals surface area (Å²) in [5.74, 6) is 0.506. The largest absolute Gasteiger partial charge is 0.383 e. The number of Topliss-reactive ketones (excluding diaryl/α,β-unsaturated/α-hetero) is 1. The third kappa shape index (κ3) is 1.52. The van der Waals surface area contributed by atoms with Crippen LogP contribution in [0, 0.1) is 5.92 Å². The van der Waals surface area contributed by atoms with Crippen molar-refractivity contribution in [2.75, 3.05) is 0 Å². The number of hydrogen-bond donors (Lipinski definition) is 2. The van der Waals surface area contributed by atoms with Crippen molar-refractivity contribution in [2.24, 2.45) is 11.7 Å². The smallest absolute Gasteiger partial charge is 0.163 e. The number of aliphatic hydroxyl groups excluding tert-OH is 1. The predicted octanol–water partition coefficient (Wildman–Crippen LogP) is 0.208. The van der Waals surface area contributed by atoms with Crippen LogP contribution in [0.5, 0.6) is 0 Å². The highest BCUT2D eigenvalue weighted by atomic mass is 16.3. The molecule has 12 heavy (non-hydrogen) atoms. The molecule has 2 rings (SSSR count). The van der Waals surface area contributed by atoms with Crippen LogP contribution in [0.25, 0.3) is 0 Å². The van der Waals surface area contributed by atoms with Gasteiger partial charge in [0.05, 0.1) is 0 Å². The Morgan fingerprint density at radius 1 is 1.58 bits per heavy atom. The maximum atomic E-state index is 11.4. The standard InChI is InChI=1S/C9H15NO2/c10-9(3-4-9)8(12)7(11)5-6-1-2-6/h6,8,12H,1-5,10H2. The van der Waals surface area contributed by atoms with Crippen LogP contribution >= 0.6 is 0 Å². The fourth-order valence-electron chi connectivity index (χ4n) is 1.46. The van der Waals surface area contributed by atoms with Crippen molar-refractivity contribution >= 4 is 5.78 Å². The lowest BCUT2D eigenvalue weighted by molar-refractivity contribution is -0.128. The fourth-order valence-corrected chi connectivity index (χ4v) is 1.46. The third-order valence-corrected chi connectivity index (χ3v) is 2.86. The number of nitrogens with two attached hydrogens (primary N) is 1. The number of rotatable bonds is 4. The lowest BCUT2D eigenvalue weighted by Gasteiger charge is -2.15. The van der Waals surface area contributed by atoms with E-state index in [1.807, 2.05) is 0 Å². The van der Waals surface area contributed by atoms with Crippen LogP contribution in [0.3, 0.4) is 0 Å². The lowest BCUT2D eigenvalue weighted by Crippen LogP contribution is -2.42. The highest BCUT2D eigenvalue weighted by Gasteiger charge is 2.48. The number of ketones is 1. The molecular weight excluding hydrogens is 154 g/mol. The van der Waals surface area contributed by atoms with Gasteiger partial charge in [-0.2, -0.15) is 0 Å². The second-order valence-electron chi connectivity index (χ2n) is 4.25. The summed E-state index contributed by atoms with van der Waals surface area (Å²) in [5.41, 5.74) is 5.17. The number of aliphatic hydroxyl groups is 1. The number of hydrogen-bond acceptors (Lipinski definition) is 3. The first-order chi connectivity index (χ1) is 5.62. The van der Waals surface area contributed by atoms with Gasteiger partial charge in [0.25, 0.3) is 0 Å². The lowest BCUT2D eigenvalue weighted by atomic mass is 10.0. The van der Waals surface area contributed by atoms with Gasteiger partial charge in [-0.15, -0.1) is 0 Å². The van der Waals surface area contributed by atoms with E-state index in [1.54, 1.807) is 0 Å². The SMILES string of the molecule is NC1(C(O)C(=O)CC2CC2)CC1. The average molecular weight is 169 g/mol. The first-order valence-corrected chi connectivity index (χ1v) is 4.61. The zero-order chi connectivity index (χ0) is 8.77. The van der Waals surface area contributed by atoms with Gasteiger partial charge in [0.15, 0.2) is 5.78 Å². The summed E-state index contributed by atoms with van der Waals surface area (Å²) >= 11 is 0. The molecule has 2 saturated carbocycles. The minimum absolute atomic E-state index is 0.0440. The molecule has 0 saturated heterocycles. The van der Waals surface area contributed by atoms with E-state index >= 15 is 0 Å². The molecule has 68 valence electrons. The molecule has 0 aromatic carbocycles. The van der Waals surface area contributed by atoms with Crippen molar-refractivity contribution in [3.8, 4) is 0 Å². The van der Waals surface area contributed by atoms with E-state index in [-0.39, 0.29) is 5.78 Å². The molecular formula is C9H15NO2. The van der Waals surface area contributed by atoms with Crippen molar-refractivity contribution in [2.45, 2.75) is 43.7 Å². The normalized spacial score (nSPS) is 28.2. The molecule has 0 aromatic heterocycles. The van der Waals surface area contributed by atoms with Gasteiger partial charge in [0.2, 0.25) is 0 Å². The number of carbonyl (C=O) groups excluding carboxylic acids is 1. The van der Waals surface area contributed by atoms with E-state index in [2.05, 4.69) is 0 Å². The molecule has 0 aliphatic heterocycles. The van der Waals surface area contributed by atoms with Gasteiger partial charge in [-0.3, -0.25) is 4.79 Å². The van der Waals surface area contributed by atoms with Crippen LogP contribution in [0.15, 0.2) is 0 Å². The Morgan fingerprint density at radius 2 is 2.17 bits per heavy atom. The van der Waals surface area contributed by atoms with Crippen molar-refractivity contribution < 1.29 is 9.90 Å². The molecule has 1 atom stereocenters. The maximum absolute atomic E-state index is 11.4. The predicted molar refractivity (Wildman–Crippen MR) is 44.5 cm³/mol. The van der Waals surface area contributed by atoms with Crippen molar-refractivity contribution in [1.29, 1.82) is 0 Å². The molecule has 0 heterocycles. The minimum atomic E-state index is -0.891. The quantitative estimate of drug-likeness (QED) is 0.632. The Balaban J connectivity index is 1.85. The van der Waals surface area contributed by atoms with Gasteiger partial charge in [-0.1, -0.05) is 0 Å². The van der Waals surface area contributed by atoms with Gasteiger partial charge in [-0.25, -0.2) is 0 Å². The molecule has 3 nitrogen and oxygen atoms in total. The minimum Gasteiger partial charge on any atom is -0.383 e. The molecule has 3 N–H and O–H groups in total. The summed E-state index contributed by atoms with van der Waals surface area (Å²) in [4.78, 5) is 11.4. The Bertz CT molecular complexity index is 207. The molecule has 2 aliphatic rings. The number of carbonyl (C=O) groups is 1. The van der Waals surface area contributed by atoms with Crippen molar-refractivity contribution in [1.82, 2.24) is 0 Å². The van der Waals surface area contributed by atoms with E-state index in [9.17, 15) is 9.90 Å². The van der Waals surface area contributed by atoms with Crippen LogP contribution < -0.4 is 5.73 Å². The van der Waals surface area contributed by atoms with E-state index in [0.717, 1.165) is 25.7 Å². The van der Waals surface area contributed by atoms with Gasteiger partial charge in [-0.05, 0) is 31.6 Å². The zero-order valence-corrected chi connectivity index (χ0v) is 7.12. The molecule has 0 bridgehead atoms. The summed E-state index contributed by atoms with van der Waals surface area (Å²) in [6.07, 6.45) is 3.54. The molecule has 0 aromatic rings. The van der Waals surface area contributed by atoms with Gasteiger partial charge < -0.3 is 10.8 Å². The van der Waals surface area contributed by atoms with Crippen LogP contribution in [0.4, 0.5) is 0 Å². The van der Waals surface area contributed by atoms with Crippen LogP contribution in [0.1, 0.15) is 32.1 Å². The molecule has 2 aliphatic carbocycles. The second kappa shape index (κ2) is 2.54. The van der Waals surface area contributed by atoms with Crippen LogP contribution in [-0.2, 0) is 4.79 Å². The van der Waals surface area contributed by atoms with Gasteiger partial charge >= 0.3 is 0 Å². The van der Waals surface area contributed by atoms with E-state index < -0.39 is 11.6 Å². The Kier molecular flexibility index (Phi) is 1.73. The third-order valence-electron chi connectivity index (χ3n) is 2.86. The molecule has 0 radical (unpaired) electrons. The molecule has 3 heteroatoms. The molecule has 0 amide bonds. The monoisotopic (exact) mass is 169 g/mol. The fraction of sp³-hybridized carbons (Fsp3) is 0.889. The van der Waals surface area contributed by atoms with Crippen LogP contribution in [0.2, 0.25) is 0 Å². The molecule has 0 spiro atoms. The first kappa shape index (κ1) is 8.20. The van der Waals surface area contributed by atoms with Gasteiger partial charge in [0.1, 0.15) is 6.10 Å². The van der Waals surface area contributed by atoms with E-state index in [0.29, 0.717) is 12.3 Å². The Morgan fingerprint density at radius 3 is 2.58 bits per heavy atom. The molecule has 2 fully saturated rings. The highest BCUT2D eigenvalue weighted by molar-refractivity contribution is 5.85. The van der Waals surface area contributed by atoms with Crippen molar-refractivity contribution in [3.63, 3.8) is 0 Å². The van der Waals surface area contributed by atoms with E-state index in [1.165, 1.54) is 0 Å². The summed E-state index contributed by atoms with van der Waals surface area (Å²) < 4.78 is 0. The van der Waals surface area contributed by atoms with E-state index in [4.69, 9.17) is 5.73 Å². The topological polar surface area (TPSA) is 63.3 Å². The van der Waals surface area contributed by atoms with Gasteiger partial charge in [0, 0.05) is 12.0 Å². The van der Waals surface area contributed by atoms with Crippen LogP contribution in [-0.4, -0.2) is 22.5 Å². The first-order valence-electron chi connectivity index (χ1n) is 4.61. The highest BCUT2D eigenvalue weighted by Crippen LogP contribution is 2.39. The summed E-state index contributed by atoms with van der Waals surface area (Å²) in [7, 11) is 0. The second-order valence-corrected chi connectivity index (χ2v) is 4.25. The average Bonchev–Trinajstić information content (AvgIpc) is 2.87. The summed E-state index contributed by atoms with van der Waals surface area (Å²) in [6.45, 7) is 0. The molecule has 1 unspecified atom stereocenters.